The number of carbonyl (C=O) groups is 2. The van der Waals surface area contributed by atoms with Gasteiger partial charge >= 0.3 is 0 Å². The maximum absolute atomic E-state index is 12.0. The first-order valence-electron chi connectivity index (χ1n) is 8.81. The molecule has 0 atom stereocenters. The van der Waals surface area contributed by atoms with E-state index in [-0.39, 0.29) is 17.7 Å². The van der Waals surface area contributed by atoms with Crippen molar-refractivity contribution in [2.75, 3.05) is 10.6 Å². The second-order valence-corrected chi connectivity index (χ2v) is 6.51. The van der Waals surface area contributed by atoms with Crippen LogP contribution in [0.15, 0.2) is 18.2 Å². The molecule has 1 aromatic rings. The molecule has 1 aromatic carbocycles. The number of unbranched alkanes of at least 4 members (excludes halogenated alkanes) is 4. The minimum absolute atomic E-state index is 0.0461. The SMILES string of the molecule is CCCCCCCC(=O)Nc1ccc(C)c(NC(=O)C2CC2)c1. The molecule has 1 saturated carbocycles. The number of amides is 2. The topological polar surface area (TPSA) is 58.2 Å². The number of hydrogen-bond acceptors (Lipinski definition) is 2. The fourth-order valence-corrected chi connectivity index (χ4v) is 2.53. The first kappa shape index (κ1) is 17.5. The lowest BCUT2D eigenvalue weighted by Gasteiger charge is -2.11. The number of aryl methyl sites for hydroxylation is 1. The third kappa shape index (κ3) is 6.05. The molecule has 2 amide bonds. The lowest BCUT2D eigenvalue weighted by atomic mass is 10.1. The van der Waals surface area contributed by atoms with Gasteiger partial charge in [0.2, 0.25) is 11.8 Å². The van der Waals surface area contributed by atoms with Gasteiger partial charge in [0.15, 0.2) is 0 Å². The molecule has 0 aromatic heterocycles. The Kier molecular flexibility index (Phi) is 6.63. The Labute approximate surface area is 139 Å². The van der Waals surface area contributed by atoms with Crippen LogP contribution in [0, 0.1) is 12.8 Å². The highest BCUT2D eigenvalue weighted by Gasteiger charge is 2.29. The quantitative estimate of drug-likeness (QED) is 0.652. The van der Waals surface area contributed by atoms with E-state index in [0.29, 0.717) is 6.42 Å². The summed E-state index contributed by atoms with van der Waals surface area (Å²) < 4.78 is 0. The molecule has 0 unspecified atom stereocenters. The zero-order chi connectivity index (χ0) is 16.7. The fraction of sp³-hybridized carbons (Fsp3) is 0.579. The van der Waals surface area contributed by atoms with Crippen LogP contribution in [0.4, 0.5) is 11.4 Å². The first-order valence-corrected chi connectivity index (χ1v) is 8.81. The van der Waals surface area contributed by atoms with Gasteiger partial charge in [-0.2, -0.15) is 0 Å². The minimum Gasteiger partial charge on any atom is -0.326 e. The number of rotatable bonds is 9. The summed E-state index contributed by atoms with van der Waals surface area (Å²) in [6.07, 6.45) is 8.22. The predicted octanol–water partition coefficient (Wildman–Crippen LogP) is 4.64. The Morgan fingerprint density at radius 1 is 1.09 bits per heavy atom. The number of anilines is 2. The van der Waals surface area contributed by atoms with Crippen molar-refractivity contribution in [3.8, 4) is 0 Å². The number of nitrogens with one attached hydrogen (secondary N) is 2. The van der Waals surface area contributed by atoms with Gasteiger partial charge in [-0.15, -0.1) is 0 Å². The van der Waals surface area contributed by atoms with Crippen molar-refractivity contribution in [2.24, 2.45) is 5.92 Å². The van der Waals surface area contributed by atoms with Crippen LogP contribution in [0.2, 0.25) is 0 Å². The molecule has 1 fully saturated rings. The molecule has 0 aliphatic heterocycles. The second kappa shape index (κ2) is 8.70. The molecule has 23 heavy (non-hydrogen) atoms. The molecule has 0 heterocycles. The van der Waals surface area contributed by atoms with Gasteiger partial charge in [-0.25, -0.2) is 0 Å². The molecule has 0 bridgehead atoms. The van der Waals surface area contributed by atoms with Crippen LogP contribution >= 0.6 is 0 Å². The zero-order valence-corrected chi connectivity index (χ0v) is 14.3. The summed E-state index contributed by atoms with van der Waals surface area (Å²) in [5, 5.41) is 5.89. The predicted molar refractivity (Wildman–Crippen MR) is 94.5 cm³/mol. The zero-order valence-electron chi connectivity index (χ0n) is 14.3. The van der Waals surface area contributed by atoms with E-state index in [1.807, 2.05) is 25.1 Å². The van der Waals surface area contributed by atoms with Gasteiger partial charge < -0.3 is 10.6 Å². The number of hydrogen-bond donors (Lipinski definition) is 2. The molecule has 4 heteroatoms. The normalized spacial score (nSPS) is 13.7. The molecular weight excluding hydrogens is 288 g/mol. The Morgan fingerprint density at radius 3 is 2.52 bits per heavy atom. The monoisotopic (exact) mass is 316 g/mol. The van der Waals surface area contributed by atoms with E-state index in [0.717, 1.165) is 42.6 Å². The molecule has 4 nitrogen and oxygen atoms in total. The van der Waals surface area contributed by atoms with Crippen LogP contribution in [0.25, 0.3) is 0 Å². The summed E-state index contributed by atoms with van der Waals surface area (Å²) in [6, 6.07) is 5.67. The number of benzene rings is 1. The summed E-state index contributed by atoms with van der Waals surface area (Å²) >= 11 is 0. The first-order chi connectivity index (χ1) is 11.1. The summed E-state index contributed by atoms with van der Waals surface area (Å²) in [7, 11) is 0. The highest BCUT2D eigenvalue weighted by molar-refractivity contribution is 5.96. The molecule has 2 N–H and O–H groups in total. The van der Waals surface area contributed by atoms with Crippen molar-refractivity contribution >= 4 is 23.2 Å². The lowest BCUT2D eigenvalue weighted by Crippen LogP contribution is -2.15. The second-order valence-electron chi connectivity index (χ2n) is 6.51. The average molecular weight is 316 g/mol. The Bertz CT molecular complexity index is 550. The van der Waals surface area contributed by atoms with E-state index in [9.17, 15) is 9.59 Å². The van der Waals surface area contributed by atoms with Crippen LogP contribution in [0.1, 0.15) is 63.9 Å². The van der Waals surface area contributed by atoms with E-state index in [2.05, 4.69) is 17.6 Å². The van der Waals surface area contributed by atoms with Gasteiger partial charge in [0, 0.05) is 23.7 Å². The largest absolute Gasteiger partial charge is 0.326 e. The van der Waals surface area contributed by atoms with Crippen LogP contribution < -0.4 is 10.6 Å². The molecule has 1 aliphatic rings. The van der Waals surface area contributed by atoms with Crippen molar-refractivity contribution in [3.63, 3.8) is 0 Å². The minimum atomic E-state index is 0.0461. The molecular formula is C19H28N2O2. The van der Waals surface area contributed by atoms with Crippen molar-refractivity contribution in [1.29, 1.82) is 0 Å². The summed E-state index contributed by atoms with van der Waals surface area (Å²) in [5.74, 6) is 0.313. The van der Waals surface area contributed by atoms with Crippen molar-refractivity contribution < 1.29 is 9.59 Å². The average Bonchev–Trinajstić information content (AvgIpc) is 3.35. The maximum Gasteiger partial charge on any atom is 0.227 e. The van der Waals surface area contributed by atoms with Crippen LogP contribution in [0.5, 0.6) is 0 Å². The highest BCUT2D eigenvalue weighted by Crippen LogP contribution is 2.31. The van der Waals surface area contributed by atoms with E-state index in [1.54, 1.807) is 0 Å². The third-order valence-electron chi connectivity index (χ3n) is 4.23. The standard InChI is InChI=1S/C19H28N2O2/c1-3-4-5-6-7-8-18(22)20-16-12-9-14(2)17(13-16)21-19(23)15-10-11-15/h9,12-13,15H,3-8,10-11H2,1-2H3,(H,20,22)(H,21,23). The Morgan fingerprint density at radius 2 is 1.83 bits per heavy atom. The highest BCUT2D eigenvalue weighted by atomic mass is 16.2. The van der Waals surface area contributed by atoms with Gasteiger partial charge in [-0.1, -0.05) is 38.7 Å². The van der Waals surface area contributed by atoms with Gasteiger partial charge in [0.25, 0.3) is 0 Å². The molecule has 0 spiro atoms. The van der Waals surface area contributed by atoms with Crippen molar-refractivity contribution in [2.45, 2.75) is 65.2 Å². The van der Waals surface area contributed by atoms with Gasteiger partial charge in [-0.3, -0.25) is 9.59 Å². The van der Waals surface area contributed by atoms with Crippen LogP contribution in [-0.4, -0.2) is 11.8 Å². The van der Waals surface area contributed by atoms with Crippen molar-refractivity contribution in [3.05, 3.63) is 23.8 Å². The Hall–Kier alpha value is -1.84. The lowest BCUT2D eigenvalue weighted by molar-refractivity contribution is -0.117. The maximum atomic E-state index is 12.0. The molecule has 126 valence electrons. The summed E-state index contributed by atoms with van der Waals surface area (Å²) in [5.41, 5.74) is 2.56. The molecule has 1 aliphatic carbocycles. The third-order valence-corrected chi connectivity index (χ3v) is 4.23. The van der Waals surface area contributed by atoms with E-state index >= 15 is 0 Å². The summed E-state index contributed by atoms with van der Waals surface area (Å²) in [6.45, 7) is 4.14. The van der Waals surface area contributed by atoms with Crippen LogP contribution in [-0.2, 0) is 9.59 Å². The van der Waals surface area contributed by atoms with E-state index < -0.39 is 0 Å². The van der Waals surface area contributed by atoms with Crippen LogP contribution in [0.3, 0.4) is 0 Å². The van der Waals surface area contributed by atoms with E-state index in [1.165, 1.54) is 19.3 Å². The van der Waals surface area contributed by atoms with Gasteiger partial charge in [0.1, 0.15) is 0 Å². The smallest absolute Gasteiger partial charge is 0.227 e. The van der Waals surface area contributed by atoms with Crippen molar-refractivity contribution in [1.82, 2.24) is 0 Å². The molecule has 0 saturated heterocycles. The Balaban J connectivity index is 1.82. The van der Waals surface area contributed by atoms with E-state index in [4.69, 9.17) is 0 Å². The molecule has 0 radical (unpaired) electrons. The van der Waals surface area contributed by atoms with Gasteiger partial charge in [0.05, 0.1) is 0 Å². The molecule has 2 rings (SSSR count). The fourth-order valence-electron chi connectivity index (χ4n) is 2.53. The van der Waals surface area contributed by atoms with Gasteiger partial charge in [-0.05, 0) is 43.9 Å². The number of carbonyl (C=O) groups excluding carboxylic acids is 2. The summed E-state index contributed by atoms with van der Waals surface area (Å²) in [4.78, 5) is 23.9.